The van der Waals surface area contributed by atoms with Crippen molar-refractivity contribution in [1.82, 2.24) is 25.1 Å². The summed E-state index contributed by atoms with van der Waals surface area (Å²) in [5.74, 6) is 1.99. The summed E-state index contributed by atoms with van der Waals surface area (Å²) < 4.78 is 7.74. The van der Waals surface area contributed by atoms with Crippen LogP contribution in [0.3, 0.4) is 0 Å². The van der Waals surface area contributed by atoms with Crippen LogP contribution in [0.25, 0.3) is 22.3 Å². The molecule has 0 bridgehead atoms. The fraction of sp³-hybridized carbons (Fsp3) is 0.190. The number of anilines is 1. The van der Waals surface area contributed by atoms with Crippen molar-refractivity contribution in [3.8, 4) is 22.8 Å². The molecule has 0 aliphatic rings. The zero-order chi connectivity index (χ0) is 19.3. The van der Waals surface area contributed by atoms with Gasteiger partial charge < -0.3 is 15.8 Å². The van der Waals surface area contributed by atoms with Gasteiger partial charge in [-0.15, -0.1) is 0 Å². The molecule has 0 fully saturated rings. The molecule has 7 nitrogen and oxygen atoms in total. The van der Waals surface area contributed by atoms with Crippen molar-refractivity contribution < 1.29 is 4.74 Å². The van der Waals surface area contributed by atoms with Crippen LogP contribution in [0.1, 0.15) is 6.92 Å². The first-order valence-electron chi connectivity index (χ1n) is 9.27. The second-order valence-electron chi connectivity index (χ2n) is 6.32. The summed E-state index contributed by atoms with van der Waals surface area (Å²) in [6.45, 7) is 4.49. The average Bonchev–Trinajstić information content (AvgIpc) is 3.10. The minimum Gasteiger partial charge on any atom is -0.457 e. The van der Waals surface area contributed by atoms with E-state index in [1.807, 2.05) is 59.3 Å². The van der Waals surface area contributed by atoms with Crippen molar-refractivity contribution in [3.05, 3.63) is 60.9 Å². The van der Waals surface area contributed by atoms with E-state index in [2.05, 4.69) is 22.2 Å². The van der Waals surface area contributed by atoms with Gasteiger partial charge in [0.05, 0.1) is 11.9 Å². The Hall–Kier alpha value is -3.45. The number of para-hydroxylation sites is 1. The summed E-state index contributed by atoms with van der Waals surface area (Å²) in [4.78, 5) is 8.55. The molecule has 2 heterocycles. The van der Waals surface area contributed by atoms with Crippen molar-refractivity contribution in [2.24, 2.45) is 0 Å². The highest BCUT2D eigenvalue weighted by molar-refractivity contribution is 5.98. The molecule has 2 aromatic carbocycles. The molecule has 0 aliphatic heterocycles. The van der Waals surface area contributed by atoms with Gasteiger partial charge in [0.15, 0.2) is 5.65 Å². The Morgan fingerprint density at radius 3 is 2.50 bits per heavy atom. The molecule has 142 valence electrons. The lowest BCUT2D eigenvalue weighted by Gasteiger charge is -2.06. The van der Waals surface area contributed by atoms with Crippen molar-refractivity contribution >= 4 is 16.9 Å². The highest BCUT2D eigenvalue weighted by Gasteiger charge is 2.16. The van der Waals surface area contributed by atoms with Gasteiger partial charge in [-0.1, -0.05) is 25.1 Å². The summed E-state index contributed by atoms with van der Waals surface area (Å²) >= 11 is 0. The van der Waals surface area contributed by atoms with E-state index >= 15 is 0 Å². The molecule has 0 amide bonds. The van der Waals surface area contributed by atoms with Crippen LogP contribution in [0.15, 0.2) is 60.9 Å². The fourth-order valence-electron chi connectivity index (χ4n) is 3.06. The molecule has 0 saturated carbocycles. The molecule has 3 N–H and O–H groups in total. The maximum absolute atomic E-state index is 6.15. The SMILES string of the molecule is CCNCCn1nc(-c2ccc(Oc3ccccc3)cc2)c2c(N)ncnc21. The number of fused-ring (bicyclic) bond motifs is 1. The van der Waals surface area contributed by atoms with E-state index < -0.39 is 0 Å². The van der Waals surface area contributed by atoms with Gasteiger partial charge in [0.1, 0.15) is 29.3 Å². The van der Waals surface area contributed by atoms with E-state index in [1.54, 1.807) is 0 Å². The Morgan fingerprint density at radius 1 is 1.00 bits per heavy atom. The third kappa shape index (κ3) is 3.65. The van der Waals surface area contributed by atoms with Gasteiger partial charge in [-0.25, -0.2) is 14.6 Å². The molecule has 0 atom stereocenters. The Kier molecular flexibility index (Phi) is 5.16. The van der Waals surface area contributed by atoms with E-state index in [0.717, 1.165) is 46.9 Å². The lowest BCUT2D eigenvalue weighted by Crippen LogP contribution is -2.20. The van der Waals surface area contributed by atoms with E-state index in [-0.39, 0.29) is 0 Å². The monoisotopic (exact) mass is 374 g/mol. The first kappa shape index (κ1) is 17.9. The lowest BCUT2D eigenvalue weighted by molar-refractivity contribution is 0.483. The number of likely N-dealkylation sites (N-methyl/N-ethyl adjacent to an activating group) is 1. The lowest BCUT2D eigenvalue weighted by atomic mass is 10.1. The Labute approximate surface area is 163 Å². The van der Waals surface area contributed by atoms with Gasteiger partial charge in [-0.3, -0.25) is 0 Å². The third-order valence-electron chi connectivity index (χ3n) is 4.42. The van der Waals surface area contributed by atoms with Gasteiger partial charge in [0, 0.05) is 12.1 Å². The van der Waals surface area contributed by atoms with Gasteiger partial charge in [0.25, 0.3) is 0 Å². The molecule has 0 spiro atoms. The quantitative estimate of drug-likeness (QED) is 0.481. The summed E-state index contributed by atoms with van der Waals surface area (Å²) in [7, 11) is 0. The first-order chi connectivity index (χ1) is 13.8. The number of nitrogens with zero attached hydrogens (tertiary/aromatic N) is 4. The van der Waals surface area contributed by atoms with Crippen LogP contribution in [0, 0.1) is 0 Å². The van der Waals surface area contributed by atoms with Gasteiger partial charge in [-0.2, -0.15) is 5.10 Å². The number of ether oxygens (including phenoxy) is 1. The molecule has 7 heteroatoms. The molecule has 28 heavy (non-hydrogen) atoms. The molecular weight excluding hydrogens is 352 g/mol. The molecule has 0 radical (unpaired) electrons. The van der Waals surface area contributed by atoms with Gasteiger partial charge in [0.2, 0.25) is 0 Å². The van der Waals surface area contributed by atoms with Gasteiger partial charge >= 0.3 is 0 Å². The van der Waals surface area contributed by atoms with E-state index in [0.29, 0.717) is 12.4 Å². The number of aromatic nitrogens is 4. The number of nitrogen functional groups attached to an aromatic ring is 1. The molecule has 0 aliphatic carbocycles. The minimum atomic E-state index is 0.430. The third-order valence-corrected chi connectivity index (χ3v) is 4.42. The van der Waals surface area contributed by atoms with Crippen molar-refractivity contribution in [2.75, 3.05) is 18.8 Å². The zero-order valence-electron chi connectivity index (χ0n) is 15.7. The number of hydrogen-bond acceptors (Lipinski definition) is 6. The molecule has 4 rings (SSSR count). The fourth-order valence-corrected chi connectivity index (χ4v) is 3.06. The van der Waals surface area contributed by atoms with E-state index in [9.17, 15) is 0 Å². The molecular formula is C21H22N6O. The minimum absolute atomic E-state index is 0.430. The molecule has 4 aromatic rings. The number of nitrogens with two attached hydrogens (primary N) is 1. The Balaban J connectivity index is 1.66. The zero-order valence-corrected chi connectivity index (χ0v) is 15.7. The molecule has 2 aromatic heterocycles. The summed E-state index contributed by atoms with van der Waals surface area (Å²) in [6.07, 6.45) is 1.48. The Morgan fingerprint density at radius 2 is 1.75 bits per heavy atom. The summed E-state index contributed by atoms with van der Waals surface area (Å²) in [6, 6.07) is 17.5. The average molecular weight is 374 g/mol. The second-order valence-corrected chi connectivity index (χ2v) is 6.32. The van der Waals surface area contributed by atoms with E-state index in [1.165, 1.54) is 6.33 Å². The van der Waals surface area contributed by atoms with Crippen molar-refractivity contribution in [3.63, 3.8) is 0 Å². The van der Waals surface area contributed by atoms with Crippen LogP contribution in [-0.4, -0.2) is 32.8 Å². The normalized spacial score (nSPS) is 11.0. The van der Waals surface area contributed by atoms with Crippen LogP contribution < -0.4 is 15.8 Å². The summed E-state index contributed by atoms with van der Waals surface area (Å²) in [5.41, 5.74) is 8.60. The predicted molar refractivity (Wildman–Crippen MR) is 110 cm³/mol. The van der Waals surface area contributed by atoms with E-state index in [4.69, 9.17) is 15.6 Å². The molecule has 0 saturated heterocycles. The number of nitrogens with one attached hydrogen (secondary N) is 1. The number of rotatable bonds is 7. The smallest absolute Gasteiger partial charge is 0.164 e. The maximum atomic E-state index is 6.15. The molecule has 0 unspecified atom stereocenters. The van der Waals surface area contributed by atoms with Crippen LogP contribution in [-0.2, 0) is 6.54 Å². The second kappa shape index (κ2) is 8.06. The van der Waals surface area contributed by atoms with Gasteiger partial charge in [-0.05, 0) is 42.9 Å². The largest absolute Gasteiger partial charge is 0.457 e. The topological polar surface area (TPSA) is 90.9 Å². The highest BCUT2D eigenvalue weighted by atomic mass is 16.5. The summed E-state index contributed by atoms with van der Waals surface area (Å²) in [5, 5.41) is 8.84. The first-order valence-corrected chi connectivity index (χ1v) is 9.27. The number of hydrogen-bond donors (Lipinski definition) is 2. The van der Waals surface area contributed by atoms with Crippen molar-refractivity contribution in [1.29, 1.82) is 0 Å². The highest BCUT2D eigenvalue weighted by Crippen LogP contribution is 2.31. The Bertz CT molecular complexity index is 1060. The predicted octanol–water partition coefficient (Wildman–Crippen LogP) is 3.48. The number of benzene rings is 2. The van der Waals surface area contributed by atoms with Crippen LogP contribution in [0.4, 0.5) is 5.82 Å². The van der Waals surface area contributed by atoms with Crippen LogP contribution in [0.5, 0.6) is 11.5 Å². The standard InChI is InChI=1S/C21H22N6O/c1-2-23-12-13-27-21-18(20(22)24-14-25-21)19(26-27)15-8-10-17(11-9-15)28-16-6-4-3-5-7-16/h3-11,14,23H,2,12-13H2,1H3,(H2,22,24,25). The van der Waals surface area contributed by atoms with Crippen molar-refractivity contribution in [2.45, 2.75) is 13.5 Å². The van der Waals surface area contributed by atoms with Crippen LogP contribution in [0.2, 0.25) is 0 Å². The maximum Gasteiger partial charge on any atom is 0.164 e. The van der Waals surface area contributed by atoms with Crippen LogP contribution >= 0.6 is 0 Å².